The van der Waals surface area contributed by atoms with E-state index in [4.69, 9.17) is 5.73 Å². The SMILES string of the molecule is Cc1csc(NC(=O)[C@@H](N)[CH2][AlH2])n1. The number of rotatable bonds is 3. The van der Waals surface area contributed by atoms with Crippen molar-refractivity contribution in [2.45, 2.75) is 18.2 Å². The fourth-order valence-electron chi connectivity index (χ4n) is 0.795. The zero-order chi connectivity index (χ0) is 9.84. The van der Waals surface area contributed by atoms with Gasteiger partial charge < -0.3 is 11.1 Å². The number of carbonyl (C=O) groups is 1. The molecule has 1 aromatic rings. The Bertz CT molecular complexity index is 302. The molecule has 1 rings (SSSR count). The van der Waals surface area contributed by atoms with E-state index in [-0.39, 0.29) is 11.9 Å². The van der Waals surface area contributed by atoms with Crippen molar-refractivity contribution in [2.75, 3.05) is 5.32 Å². The van der Waals surface area contributed by atoms with Crippen molar-refractivity contribution >= 4 is 38.7 Å². The van der Waals surface area contributed by atoms with Crippen LogP contribution in [0.4, 0.5) is 5.13 Å². The molecule has 4 nitrogen and oxygen atoms in total. The van der Waals surface area contributed by atoms with Gasteiger partial charge in [-0.2, -0.15) is 0 Å². The van der Waals surface area contributed by atoms with Gasteiger partial charge in [-0.05, 0) is 6.92 Å². The summed E-state index contributed by atoms with van der Waals surface area (Å²) in [5.41, 5.74) is 6.49. The van der Waals surface area contributed by atoms with Crippen LogP contribution in [0.25, 0.3) is 0 Å². The smallest absolute Gasteiger partial charge is 0.241 e. The largest absolute Gasteiger partial charge is 0.321 e. The number of thiazole rings is 1. The van der Waals surface area contributed by atoms with Crippen molar-refractivity contribution in [1.29, 1.82) is 0 Å². The van der Waals surface area contributed by atoms with Crippen LogP contribution in [-0.2, 0) is 4.79 Å². The van der Waals surface area contributed by atoms with Crippen molar-refractivity contribution in [1.82, 2.24) is 4.98 Å². The Morgan fingerprint density at radius 3 is 3.08 bits per heavy atom. The highest BCUT2D eigenvalue weighted by atomic mass is 32.1. The number of hydrogen-bond donors (Lipinski definition) is 2. The lowest BCUT2D eigenvalue weighted by Crippen LogP contribution is -2.35. The molecule has 13 heavy (non-hydrogen) atoms. The highest BCUT2D eigenvalue weighted by molar-refractivity contribution is 7.13. The van der Waals surface area contributed by atoms with Gasteiger partial charge in [0.05, 0.1) is 11.7 Å². The molecule has 70 valence electrons. The molecule has 0 unspecified atom stereocenters. The summed E-state index contributed by atoms with van der Waals surface area (Å²) < 4.78 is 0. The summed E-state index contributed by atoms with van der Waals surface area (Å²) in [5, 5.41) is 5.98. The first-order valence-corrected chi connectivity index (χ1v) is 6.41. The molecule has 0 saturated heterocycles. The fourth-order valence-corrected chi connectivity index (χ4v) is 1.86. The van der Waals surface area contributed by atoms with Crippen LogP contribution in [0.15, 0.2) is 5.38 Å². The lowest BCUT2D eigenvalue weighted by Gasteiger charge is -2.06. The maximum Gasteiger partial charge on any atom is 0.241 e. The summed E-state index contributed by atoms with van der Waals surface area (Å²) in [7, 11) is 0. The maximum atomic E-state index is 11.3. The summed E-state index contributed by atoms with van der Waals surface area (Å²) in [4.78, 5) is 15.4. The Morgan fingerprint density at radius 2 is 2.62 bits per heavy atom. The van der Waals surface area contributed by atoms with Crippen LogP contribution in [0.5, 0.6) is 0 Å². The lowest BCUT2D eigenvalue weighted by atomic mass is 10.3. The third kappa shape index (κ3) is 3.09. The second-order valence-electron chi connectivity index (χ2n) is 2.80. The minimum absolute atomic E-state index is 0.135. The van der Waals surface area contributed by atoms with Gasteiger partial charge in [-0.3, -0.25) is 4.79 Å². The monoisotopic (exact) mass is 213 g/mol. The number of amides is 1. The molecule has 3 N–H and O–H groups in total. The average Bonchev–Trinajstić information content (AvgIpc) is 2.49. The highest BCUT2D eigenvalue weighted by Crippen LogP contribution is 2.14. The van der Waals surface area contributed by atoms with Crippen LogP contribution < -0.4 is 11.1 Å². The van der Waals surface area contributed by atoms with Crippen LogP contribution in [0.1, 0.15) is 5.69 Å². The summed E-state index contributed by atoms with van der Waals surface area (Å²) in [6, 6.07) is -0.379. The first-order chi connectivity index (χ1) is 6.13. The first-order valence-electron chi connectivity index (χ1n) is 4.12. The number of nitrogens with two attached hydrogens (primary N) is 1. The summed E-state index contributed by atoms with van der Waals surface area (Å²) in [6.07, 6.45) is 0. The van der Waals surface area contributed by atoms with Crippen molar-refractivity contribution in [3.63, 3.8) is 0 Å². The molecular weight excluding hydrogens is 201 g/mol. The molecule has 0 bridgehead atoms. The van der Waals surface area contributed by atoms with E-state index in [0.717, 1.165) is 27.3 Å². The van der Waals surface area contributed by atoms with Crippen molar-refractivity contribution in [3.8, 4) is 0 Å². The number of carbonyl (C=O) groups excluding carboxylic acids is 1. The highest BCUT2D eigenvalue weighted by Gasteiger charge is 2.11. The standard InChI is InChI=1S/C7H10N3OS.Al.2H/c1-4-3-12-7(9-4)10-6(11)5(2)8;;;/h3,5H,2,8H2,1H3,(H,9,10,11);;;/t5-;;;/m0.../s1. The van der Waals surface area contributed by atoms with E-state index in [2.05, 4.69) is 10.3 Å². The van der Waals surface area contributed by atoms with Crippen LogP contribution in [0, 0.1) is 6.92 Å². The molecular formula is C7H12AlN3OS. The third-order valence-electron chi connectivity index (χ3n) is 1.63. The molecule has 0 spiro atoms. The predicted molar refractivity (Wildman–Crippen MR) is 56.8 cm³/mol. The van der Waals surface area contributed by atoms with Gasteiger partial charge in [0.15, 0.2) is 5.13 Å². The van der Waals surface area contributed by atoms with Gasteiger partial charge >= 0.3 is 0 Å². The van der Waals surface area contributed by atoms with Crippen molar-refractivity contribution in [3.05, 3.63) is 11.1 Å². The van der Waals surface area contributed by atoms with Crippen LogP contribution in [-0.4, -0.2) is 33.2 Å². The Balaban J connectivity index is 2.54. The Kier molecular flexibility index (Phi) is 3.88. The first kappa shape index (κ1) is 10.7. The molecule has 0 aliphatic rings. The number of aryl methyl sites for hydroxylation is 1. The van der Waals surface area contributed by atoms with Gasteiger partial charge in [0.25, 0.3) is 0 Å². The zero-order valence-corrected chi connectivity index (χ0v) is 10.5. The lowest BCUT2D eigenvalue weighted by molar-refractivity contribution is -0.117. The Labute approximate surface area is 89.0 Å². The summed E-state index contributed by atoms with van der Waals surface area (Å²) >= 11 is 2.36. The molecule has 6 heteroatoms. The van der Waals surface area contributed by atoms with Crippen LogP contribution in [0.3, 0.4) is 0 Å². The van der Waals surface area contributed by atoms with E-state index in [1.165, 1.54) is 11.3 Å². The van der Waals surface area contributed by atoms with Gasteiger partial charge in [0.2, 0.25) is 22.2 Å². The molecule has 1 heterocycles. The molecule has 1 atom stereocenters. The number of anilines is 1. The molecule has 0 aliphatic heterocycles. The molecule has 0 radical (unpaired) electrons. The number of aromatic nitrogens is 1. The molecule has 0 fully saturated rings. The minimum Gasteiger partial charge on any atom is -0.321 e. The zero-order valence-electron chi connectivity index (χ0n) is 7.70. The summed E-state index contributed by atoms with van der Waals surface area (Å²) in [6.45, 7) is 1.89. The second-order valence-corrected chi connectivity index (χ2v) is 4.47. The molecule has 0 aliphatic carbocycles. The van der Waals surface area contributed by atoms with E-state index >= 15 is 0 Å². The predicted octanol–water partition coefficient (Wildman–Crippen LogP) is -0.231. The Hall–Kier alpha value is -0.408. The normalized spacial score (nSPS) is 12.5. The van der Waals surface area contributed by atoms with E-state index in [0.29, 0.717) is 5.13 Å². The third-order valence-corrected chi connectivity index (χ3v) is 3.38. The Morgan fingerprint density at radius 1 is 1.92 bits per heavy atom. The van der Waals surface area contributed by atoms with E-state index in [9.17, 15) is 4.79 Å². The van der Waals surface area contributed by atoms with Gasteiger partial charge in [-0.1, -0.05) is 5.28 Å². The number of nitrogens with one attached hydrogen (secondary N) is 1. The average molecular weight is 213 g/mol. The number of nitrogens with zero attached hydrogens (tertiary/aromatic N) is 1. The quantitative estimate of drug-likeness (QED) is 0.681. The van der Waals surface area contributed by atoms with Gasteiger partial charge in [-0.15, -0.1) is 11.3 Å². The topological polar surface area (TPSA) is 68.0 Å². The van der Waals surface area contributed by atoms with Crippen LogP contribution >= 0.6 is 11.3 Å². The molecule has 1 aromatic heterocycles. The van der Waals surface area contributed by atoms with Gasteiger partial charge in [0.1, 0.15) is 0 Å². The second kappa shape index (κ2) is 4.72. The number of hydrogen-bond acceptors (Lipinski definition) is 4. The van der Waals surface area contributed by atoms with E-state index in [1.807, 2.05) is 12.3 Å². The molecule has 0 saturated carbocycles. The maximum absolute atomic E-state index is 11.3. The van der Waals surface area contributed by atoms with Gasteiger partial charge in [-0.25, -0.2) is 4.98 Å². The molecule has 0 aromatic carbocycles. The van der Waals surface area contributed by atoms with Gasteiger partial charge in [0, 0.05) is 5.38 Å². The van der Waals surface area contributed by atoms with Crippen molar-refractivity contribution in [2.24, 2.45) is 5.73 Å². The molecule has 1 amide bonds. The van der Waals surface area contributed by atoms with E-state index in [1.54, 1.807) is 0 Å². The van der Waals surface area contributed by atoms with Crippen molar-refractivity contribution < 1.29 is 4.79 Å². The van der Waals surface area contributed by atoms with E-state index < -0.39 is 0 Å². The summed E-state index contributed by atoms with van der Waals surface area (Å²) in [5.74, 6) is -0.135. The minimum atomic E-state index is -0.379. The van der Waals surface area contributed by atoms with Crippen LogP contribution in [0.2, 0.25) is 5.28 Å². The fraction of sp³-hybridized carbons (Fsp3) is 0.429.